The molecule has 0 bridgehead atoms. The largest absolute Gasteiger partial charge is 0.493 e. The zero-order valence-electron chi connectivity index (χ0n) is 12.3. The standard InChI is InChI=1S/C15H15ClN2O4S/c1-2-5-22-12-4-3-9(16)6-10(12)14(19)17-7-13-18-11(8-23-13)15(20)21/h3-4,6,8H,2,5,7H2,1H3,(H,17,19)(H,20,21). The van der Waals surface area contributed by atoms with Crippen molar-refractivity contribution in [1.82, 2.24) is 10.3 Å². The summed E-state index contributed by atoms with van der Waals surface area (Å²) in [5, 5.41) is 13.9. The van der Waals surface area contributed by atoms with Crippen molar-refractivity contribution >= 4 is 34.8 Å². The molecule has 2 rings (SSSR count). The van der Waals surface area contributed by atoms with Crippen LogP contribution >= 0.6 is 22.9 Å². The maximum Gasteiger partial charge on any atom is 0.355 e. The Hall–Kier alpha value is -2.12. The summed E-state index contributed by atoms with van der Waals surface area (Å²) >= 11 is 7.11. The number of hydrogen-bond acceptors (Lipinski definition) is 5. The smallest absolute Gasteiger partial charge is 0.355 e. The van der Waals surface area contributed by atoms with E-state index in [1.165, 1.54) is 22.8 Å². The van der Waals surface area contributed by atoms with Crippen molar-refractivity contribution in [2.75, 3.05) is 6.61 Å². The number of aromatic nitrogens is 1. The number of carbonyl (C=O) groups is 2. The Balaban J connectivity index is 2.07. The van der Waals surface area contributed by atoms with Crippen molar-refractivity contribution in [3.63, 3.8) is 0 Å². The van der Waals surface area contributed by atoms with Crippen LogP contribution in [-0.2, 0) is 6.54 Å². The van der Waals surface area contributed by atoms with Gasteiger partial charge in [0.2, 0.25) is 0 Å². The lowest BCUT2D eigenvalue weighted by Gasteiger charge is -2.11. The molecule has 0 fully saturated rings. The predicted octanol–water partition coefficient (Wildman–Crippen LogP) is 3.21. The zero-order chi connectivity index (χ0) is 16.8. The molecule has 0 atom stereocenters. The van der Waals surface area contributed by atoms with Gasteiger partial charge in [-0.3, -0.25) is 4.79 Å². The van der Waals surface area contributed by atoms with Gasteiger partial charge in [0.1, 0.15) is 10.8 Å². The Bertz CT molecular complexity index is 717. The third-order valence-corrected chi connectivity index (χ3v) is 3.90. The Labute approximate surface area is 142 Å². The molecule has 6 nitrogen and oxygen atoms in total. The fraction of sp³-hybridized carbons (Fsp3) is 0.267. The number of benzene rings is 1. The highest BCUT2D eigenvalue weighted by atomic mass is 35.5. The van der Waals surface area contributed by atoms with E-state index in [2.05, 4.69) is 10.3 Å². The summed E-state index contributed by atoms with van der Waals surface area (Å²) < 4.78 is 5.54. The van der Waals surface area contributed by atoms with E-state index in [-0.39, 0.29) is 18.1 Å². The van der Waals surface area contributed by atoms with Gasteiger partial charge in [0.25, 0.3) is 5.91 Å². The van der Waals surface area contributed by atoms with Crippen molar-refractivity contribution in [3.05, 3.63) is 44.9 Å². The van der Waals surface area contributed by atoms with Crippen LogP contribution in [0.2, 0.25) is 5.02 Å². The van der Waals surface area contributed by atoms with Crippen molar-refractivity contribution in [1.29, 1.82) is 0 Å². The van der Waals surface area contributed by atoms with E-state index in [9.17, 15) is 9.59 Å². The van der Waals surface area contributed by atoms with E-state index < -0.39 is 5.97 Å². The van der Waals surface area contributed by atoms with Crippen LogP contribution in [0.4, 0.5) is 0 Å². The Morgan fingerprint density at radius 2 is 2.22 bits per heavy atom. The molecule has 0 aliphatic carbocycles. The molecular formula is C15H15ClN2O4S. The van der Waals surface area contributed by atoms with Gasteiger partial charge in [-0.1, -0.05) is 18.5 Å². The first-order valence-electron chi connectivity index (χ1n) is 6.89. The van der Waals surface area contributed by atoms with Crippen LogP contribution in [-0.4, -0.2) is 28.6 Å². The number of thiazole rings is 1. The number of aromatic carboxylic acids is 1. The molecule has 0 spiro atoms. The summed E-state index contributed by atoms with van der Waals surface area (Å²) in [6.07, 6.45) is 0.820. The summed E-state index contributed by atoms with van der Waals surface area (Å²) in [5.41, 5.74) is 0.301. The van der Waals surface area contributed by atoms with Crippen LogP contribution < -0.4 is 10.1 Å². The molecule has 1 heterocycles. The van der Waals surface area contributed by atoms with Gasteiger partial charge in [-0.05, 0) is 24.6 Å². The lowest BCUT2D eigenvalue weighted by molar-refractivity contribution is 0.0691. The number of hydrogen-bond donors (Lipinski definition) is 2. The van der Waals surface area contributed by atoms with E-state index in [1.807, 2.05) is 6.92 Å². The fourth-order valence-electron chi connectivity index (χ4n) is 1.76. The summed E-state index contributed by atoms with van der Waals surface area (Å²) in [6.45, 7) is 2.60. The molecule has 1 aromatic heterocycles. The molecule has 0 aliphatic heterocycles. The van der Waals surface area contributed by atoms with Crippen molar-refractivity contribution in [2.24, 2.45) is 0 Å². The number of nitrogens with zero attached hydrogens (tertiary/aromatic N) is 1. The zero-order valence-corrected chi connectivity index (χ0v) is 13.9. The Kier molecular flexibility index (Phi) is 5.95. The lowest BCUT2D eigenvalue weighted by atomic mass is 10.2. The SMILES string of the molecule is CCCOc1ccc(Cl)cc1C(=O)NCc1nc(C(=O)O)cs1. The van der Waals surface area contributed by atoms with Crippen LogP contribution in [0.15, 0.2) is 23.6 Å². The van der Waals surface area contributed by atoms with Gasteiger partial charge in [-0.25, -0.2) is 9.78 Å². The normalized spacial score (nSPS) is 10.3. The van der Waals surface area contributed by atoms with Crippen LogP contribution in [0.1, 0.15) is 39.2 Å². The molecule has 0 unspecified atom stereocenters. The molecular weight excluding hydrogens is 340 g/mol. The van der Waals surface area contributed by atoms with Crippen LogP contribution in [0.3, 0.4) is 0 Å². The molecule has 0 saturated carbocycles. The van der Waals surface area contributed by atoms with Gasteiger partial charge in [-0.2, -0.15) is 0 Å². The molecule has 0 saturated heterocycles. The molecule has 0 aliphatic rings. The monoisotopic (exact) mass is 354 g/mol. The summed E-state index contributed by atoms with van der Waals surface area (Å²) in [7, 11) is 0. The molecule has 0 radical (unpaired) electrons. The first kappa shape index (κ1) is 17.2. The second-order valence-electron chi connectivity index (χ2n) is 4.60. The van der Waals surface area contributed by atoms with Gasteiger partial charge >= 0.3 is 5.97 Å². The van der Waals surface area contributed by atoms with E-state index in [1.54, 1.807) is 12.1 Å². The highest BCUT2D eigenvalue weighted by Crippen LogP contribution is 2.23. The summed E-state index contributed by atoms with van der Waals surface area (Å²) in [4.78, 5) is 27.0. The summed E-state index contributed by atoms with van der Waals surface area (Å²) in [5.74, 6) is -0.992. The average Bonchev–Trinajstić information content (AvgIpc) is 3.00. The lowest BCUT2D eigenvalue weighted by Crippen LogP contribution is -2.23. The molecule has 2 N–H and O–H groups in total. The second-order valence-corrected chi connectivity index (χ2v) is 5.98. The van der Waals surface area contributed by atoms with Crippen molar-refractivity contribution in [2.45, 2.75) is 19.9 Å². The quantitative estimate of drug-likeness (QED) is 0.797. The number of halogens is 1. The van der Waals surface area contributed by atoms with E-state index >= 15 is 0 Å². The molecule has 8 heteroatoms. The van der Waals surface area contributed by atoms with Gasteiger partial charge in [0.05, 0.1) is 18.7 Å². The highest BCUT2D eigenvalue weighted by molar-refractivity contribution is 7.09. The number of amides is 1. The maximum atomic E-state index is 12.3. The highest BCUT2D eigenvalue weighted by Gasteiger charge is 2.15. The minimum absolute atomic E-state index is 0.0334. The van der Waals surface area contributed by atoms with Crippen LogP contribution in [0.5, 0.6) is 5.75 Å². The van der Waals surface area contributed by atoms with E-state index in [0.717, 1.165) is 6.42 Å². The third kappa shape index (κ3) is 4.67. The number of carboxylic acids is 1. The Morgan fingerprint density at radius 3 is 2.87 bits per heavy atom. The van der Waals surface area contributed by atoms with E-state index in [4.69, 9.17) is 21.4 Å². The first-order valence-corrected chi connectivity index (χ1v) is 8.15. The minimum Gasteiger partial charge on any atom is -0.493 e. The second kappa shape index (κ2) is 7.94. The molecule has 122 valence electrons. The van der Waals surface area contributed by atoms with Crippen molar-refractivity contribution in [3.8, 4) is 5.75 Å². The van der Waals surface area contributed by atoms with Crippen LogP contribution in [0, 0.1) is 0 Å². The number of carboxylic acid groups (broad SMARTS) is 1. The minimum atomic E-state index is -1.09. The first-order chi connectivity index (χ1) is 11.0. The van der Waals surface area contributed by atoms with E-state index in [0.29, 0.717) is 28.0 Å². The average molecular weight is 355 g/mol. The number of rotatable bonds is 7. The van der Waals surface area contributed by atoms with Gasteiger partial charge < -0.3 is 15.2 Å². The van der Waals surface area contributed by atoms with Gasteiger partial charge in [0.15, 0.2) is 5.69 Å². The number of nitrogens with one attached hydrogen (secondary N) is 1. The predicted molar refractivity (Wildman–Crippen MR) is 87.5 cm³/mol. The molecule has 1 aromatic carbocycles. The third-order valence-electron chi connectivity index (χ3n) is 2.82. The number of ether oxygens (including phenoxy) is 1. The topological polar surface area (TPSA) is 88.5 Å². The molecule has 23 heavy (non-hydrogen) atoms. The maximum absolute atomic E-state index is 12.3. The van der Waals surface area contributed by atoms with Crippen molar-refractivity contribution < 1.29 is 19.4 Å². The fourth-order valence-corrected chi connectivity index (χ4v) is 2.64. The van der Waals surface area contributed by atoms with Gasteiger partial charge in [-0.15, -0.1) is 11.3 Å². The summed E-state index contributed by atoms with van der Waals surface area (Å²) in [6, 6.07) is 4.84. The Morgan fingerprint density at radius 1 is 1.43 bits per heavy atom. The van der Waals surface area contributed by atoms with Gasteiger partial charge in [0, 0.05) is 10.4 Å². The molecule has 2 aromatic rings. The van der Waals surface area contributed by atoms with Crippen LogP contribution in [0.25, 0.3) is 0 Å². The number of carbonyl (C=O) groups excluding carboxylic acids is 1. The molecule has 1 amide bonds.